The van der Waals surface area contributed by atoms with Crippen molar-refractivity contribution in [2.24, 2.45) is 0 Å². The summed E-state index contributed by atoms with van der Waals surface area (Å²) in [5, 5.41) is 0.682. The van der Waals surface area contributed by atoms with E-state index in [1.54, 1.807) is 16.4 Å². The molecular weight excluding hydrogens is 496 g/mol. The van der Waals surface area contributed by atoms with Gasteiger partial charge in [-0.25, -0.2) is 8.42 Å². The number of aryl methyl sites for hydroxylation is 2. The number of ether oxygens (including phenoxy) is 2. The van der Waals surface area contributed by atoms with Crippen molar-refractivity contribution in [3.05, 3.63) is 94.0 Å². The minimum atomic E-state index is -3.65. The summed E-state index contributed by atoms with van der Waals surface area (Å²) >= 11 is 6.12. The van der Waals surface area contributed by atoms with Crippen LogP contribution in [-0.4, -0.2) is 57.5 Å². The van der Waals surface area contributed by atoms with Crippen molar-refractivity contribution >= 4 is 21.6 Å². The first-order valence-corrected chi connectivity index (χ1v) is 13.9. The van der Waals surface area contributed by atoms with Gasteiger partial charge in [-0.05, 0) is 54.8 Å². The second-order valence-corrected chi connectivity index (χ2v) is 11.5. The lowest BCUT2D eigenvalue weighted by Gasteiger charge is -2.36. The lowest BCUT2D eigenvalue weighted by Crippen LogP contribution is -2.49. The molecule has 1 saturated heterocycles. The number of methoxy groups -OCH3 is 1. The number of benzene rings is 3. The van der Waals surface area contributed by atoms with E-state index in [4.69, 9.17) is 21.1 Å². The monoisotopic (exact) mass is 528 g/mol. The Morgan fingerprint density at radius 3 is 2.28 bits per heavy atom. The fourth-order valence-electron chi connectivity index (χ4n) is 4.44. The molecule has 0 aliphatic carbocycles. The summed E-state index contributed by atoms with van der Waals surface area (Å²) in [5.41, 5.74) is 4.25. The molecule has 0 aromatic heterocycles. The molecule has 3 aromatic rings. The number of nitrogens with zero attached hydrogens (tertiary/aromatic N) is 2. The van der Waals surface area contributed by atoms with Gasteiger partial charge in [0.1, 0.15) is 10.6 Å². The molecule has 6 nitrogen and oxygen atoms in total. The number of sulfonamides is 1. The Hall–Kier alpha value is -2.42. The van der Waals surface area contributed by atoms with Crippen LogP contribution in [0, 0.1) is 13.8 Å². The summed E-state index contributed by atoms with van der Waals surface area (Å²) in [4.78, 5) is 2.48. The predicted octanol–water partition coefficient (Wildman–Crippen LogP) is 5.23. The van der Waals surface area contributed by atoms with E-state index in [1.807, 2.05) is 43.3 Å². The number of hydrogen-bond donors (Lipinski definition) is 0. The fraction of sp³-hybridized carbons (Fsp3) is 0.357. The molecule has 0 N–H and O–H groups in total. The van der Waals surface area contributed by atoms with Crippen LogP contribution in [0.1, 0.15) is 28.4 Å². The van der Waals surface area contributed by atoms with Crippen LogP contribution < -0.4 is 4.74 Å². The minimum absolute atomic E-state index is 0.164. The van der Waals surface area contributed by atoms with Crippen molar-refractivity contribution in [1.82, 2.24) is 9.21 Å². The average molecular weight is 529 g/mol. The van der Waals surface area contributed by atoms with Gasteiger partial charge >= 0.3 is 0 Å². The zero-order valence-corrected chi connectivity index (χ0v) is 22.6. The average Bonchev–Trinajstić information content (AvgIpc) is 2.87. The van der Waals surface area contributed by atoms with Crippen molar-refractivity contribution in [1.29, 1.82) is 0 Å². The van der Waals surface area contributed by atoms with Crippen LogP contribution in [0.2, 0.25) is 5.02 Å². The third kappa shape index (κ3) is 6.47. The van der Waals surface area contributed by atoms with Crippen molar-refractivity contribution in [3.63, 3.8) is 0 Å². The van der Waals surface area contributed by atoms with E-state index in [9.17, 15) is 8.42 Å². The molecule has 1 heterocycles. The highest BCUT2D eigenvalue weighted by Gasteiger charge is 2.31. The molecule has 4 rings (SSSR count). The van der Waals surface area contributed by atoms with E-state index in [1.165, 1.54) is 12.7 Å². The molecule has 0 spiro atoms. The maximum absolute atomic E-state index is 13.4. The highest BCUT2D eigenvalue weighted by atomic mass is 35.5. The third-order valence-corrected chi connectivity index (χ3v) is 8.64. The molecule has 1 aliphatic rings. The summed E-state index contributed by atoms with van der Waals surface area (Å²) in [6.45, 7) is 7.15. The van der Waals surface area contributed by atoms with E-state index in [0.717, 1.165) is 16.7 Å². The SMILES string of the molecule is COc1ccc(C)cc1S(=O)(=O)N1CCN(C[C@H](OCc2cccc(C)c2)c2ccc(Cl)cc2)CC1. The second-order valence-electron chi connectivity index (χ2n) is 9.20. The molecule has 0 bridgehead atoms. The Morgan fingerprint density at radius 1 is 0.917 bits per heavy atom. The Labute approximate surface area is 219 Å². The Balaban J connectivity index is 1.44. The van der Waals surface area contributed by atoms with Gasteiger partial charge in [0.2, 0.25) is 10.0 Å². The Bertz CT molecular complexity index is 1270. The zero-order chi connectivity index (χ0) is 25.7. The maximum atomic E-state index is 13.4. The van der Waals surface area contributed by atoms with Gasteiger partial charge in [0.05, 0.1) is 19.8 Å². The van der Waals surface area contributed by atoms with Gasteiger partial charge in [0.25, 0.3) is 0 Å². The summed E-state index contributed by atoms with van der Waals surface area (Å²) < 4.78 is 40.0. The van der Waals surface area contributed by atoms with Gasteiger partial charge in [-0.2, -0.15) is 4.31 Å². The smallest absolute Gasteiger partial charge is 0.246 e. The van der Waals surface area contributed by atoms with Crippen LogP contribution >= 0.6 is 11.6 Å². The first-order valence-electron chi connectivity index (χ1n) is 12.1. The topological polar surface area (TPSA) is 59.1 Å². The van der Waals surface area contributed by atoms with Crippen LogP contribution in [0.25, 0.3) is 0 Å². The lowest BCUT2D eigenvalue weighted by molar-refractivity contribution is 0.00771. The van der Waals surface area contributed by atoms with E-state index in [2.05, 4.69) is 30.0 Å². The summed E-state index contributed by atoms with van der Waals surface area (Å²) in [5.74, 6) is 0.371. The van der Waals surface area contributed by atoms with Crippen LogP contribution in [0.3, 0.4) is 0 Å². The molecule has 3 aromatic carbocycles. The molecule has 1 aliphatic heterocycles. The summed E-state index contributed by atoms with van der Waals surface area (Å²) in [6.07, 6.45) is -0.164. The molecule has 0 amide bonds. The van der Waals surface area contributed by atoms with Crippen LogP contribution in [0.15, 0.2) is 71.6 Å². The van der Waals surface area contributed by atoms with E-state index in [0.29, 0.717) is 50.1 Å². The number of piperazine rings is 1. The quantitative estimate of drug-likeness (QED) is 0.380. The predicted molar refractivity (Wildman–Crippen MR) is 143 cm³/mol. The largest absolute Gasteiger partial charge is 0.495 e. The van der Waals surface area contributed by atoms with Gasteiger partial charge in [-0.15, -0.1) is 0 Å². The highest BCUT2D eigenvalue weighted by molar-refractivity contribution is 7.89. The summed E-state index contributed by atoms with van der Waals surface area (Å²) in [6, 6.07) is 21.3. The first kappa shape index (κ1) is 26.6. The molecule has 0 saturated carbocycles. The van der Waals surface area contributed by atoms with Crippen LogP contribution in [0.4, 0.5) is 0 Å². The first-order chi connectivity index (χ1) is 17.3. The van der Waals surface area contributed by atoms with Crippen LogP contribution in [0.5, 0.6) is 5.75 Å². The fourth-order valence-corrected chi connectivity index (χ4v) is 6.23. The Morgan fingerprint density at radius 2 is 1.61 bits per heavy atom. The highest BCUT2D eigenvalue weighted by Crippen LogP contribution is 2.29. The molecule has 36 heavy (non-hydrogen) atoms. The molecule has 8 heteroatoms. The van der Waals surface area contributed by atoms with E-state index < -0.39 is 10.0 Å². The number of halogens is 1. The van der Waals surface area contributed by atoms with Gasteiger partial charge in [-0.1, -0.05) is 59.6 Å². The number of hydrogen-bond acceptors (Lipinski definition) is 5. The summed E-state index contributed by atoms with van der Waals surface area (Å²) in [7, 11) is -2.16. The van der Waals surface area contributed by atoms with Gasteiger partial charge in [-0.3, -0.25) is 4.90 Å². The Kier molecular flexibility index (Phi) is 8.70. The lowest BCUT2D eigenvalue weighted by atomic mass is 10.1. The van der Waals surface area contributed by atoms with E-state index in [-0.39, 0.29) is 11.0 Å². The van der Waals surface area contributed by atoms with Crippen molar-refractivity contribution < 1.29 is 17.9 Å². The van der Waals surface area contributed by atoms with Crippen molar-refractivity contribution in [3.8, 4) is 5.75 Å². The van der Waals surface area contributed by atoms with Crippen LogP contribution in [-0.2, 0) is 21.4 Å². The molecule has 0 radical (unpaired) electrons. The molecule has 1 fully saturated rings. The standard InChI is InChI=1S/C28H33ClN2O4S/c1-21-5-4-6-23(17-21)20-35-27(24-8-10-25(29)11-9-24)19-30-13-15-31(16-14-30)36(32,33)28-18-22(2)7-12-26(28)34-3/h4-12,17-18,27H,13-16,19-20H2,1-3H3/t27-/m0/s1. The van der Waals surface area contributed by atoms with Gasteiger partial charge < -0.3 is 9.47 Å². The molecular formula is C28H33ClN2O4S. The van der Waals surface area contributed by atoms with E-state index >= 15 is 0 Å². The van der Waals surface area contributed by atoms with Gasteiger partial charge in [0.15, 0.2) is 0 Å². The normalized spacial score (nSPS) is 16.1. The van der Waals surface area contributed by atoms with Crippen molar-refractivity contribution in [2.45, 2.75) is 31.5 Å². The minimum Gasteiger partial charge on any atom is -0.495 e. The molecule has 0 unspecified atom stereocenters. The maximum Gasteiger partial charge on any atom is 0.246 e. The zero-order valence-electron chi connectivity index (χ0n) is 21.0. The molecule has 1 atom stereocenters. The molecule has 192 valence electrons. The van der Waals surface area contributed by atoms with Gasteiger partial charge in [0, 0.05) is 37.7 Å². The third-order valence-electron chi connectivity index (χ3n) is 6.47. The van der Waals surface area contributed by atoms with Crippen molar-refractivity contribution in [2.75, 3.05) is 39.8 Å². The second kappa shape index (κ2) is 11.8. The number of rotatable bonds is 9.